The van der Waals surface area contributed by atoms with E-state index in [-0.39, 0.29) is 31.8 Å². The highest BCUT2D eigenvalue weighted by Crippen LogP contribution is 2.44. The van der Waals surface area contributed by atoms with Crippen LogP contribution in [0.15, 0.2) is 42.5 Å². The van der Waals surface area contributed by atoms with Gasteiger partial charge in [-0.2, -0.15) is 0 Å². The summed E-state index contributed by atoms with van der Waals surface area (Å²) in [4.78, 5) is 0. The zero-order valence-corrected chi connectivity index (χ0v) is 18.3. The van der Waals surface area contributed by atoms with Gasteiger partial charge in [0.2, 0.25) is 0 Å². The molecular weight excluding hydrogens is 396 g/mol. The third-order valence-electron chi connectivity index (χ3n) is 5.85. The van der Waals surface area contributed by atoms with Gasteiger partial charge < -0.3 is 29.9 Å². The van der Waals surface area contributed by atoms with Crippen LogP contribution in [0.4, 0.5) is 0 Å². The van der Waals surface area contributed by atoms with E-state index in [1.165, 1.54) is 0 Å². The topological polar surface area (TPSA) is 99.4 Å². The second-order valence-corrected chi connectivity index (χ2v) is 8.50. The Bertz CT molecular complexity index is 1030. The highest BCUT2D eigenvalue weighted by atomic mass is 16.5. The molecule has 0 saturated carbocycles. The summed E-state index contributed by atoms with van der Waals surface area (Å²) in [6.07, 6.45) is -1.01. The normalized spacial score (nSPS) is 14.0. The van der Waals surface area contributed by atoms with Crippen LogP contribution in [0.2, 0.25) is 0 Å². The number of fused-ring (bicyclic) bond motifs is 2. The molecule has 0 saturated heterocycles. The minimum Gasteiger partial charge on any atom is -0.489 e. The highest BCUT2D eigenvalue weighted by molar-refractivity contribution is 6.11. The molecule has 6 nitrogen and oxygen atoms in total. The summed E-state index contributed by atoms with van der Waals surface area (Å²) in [5, 5.41) is 41.3. The first kappa shape index (κ1) is 23.3. The van der Waals surface area contributed by atoms with Crippen molar-refractivity contribution in [1.82, 2.24) is 0 Å². The Balaban J connectivity index is 2.27. The second kappa shape index (κ2) is 9.83. The molecule has 3 aromatic carbocycles. The molecule has 0 fully saturated rings. The molecule has 0 radical (unpaired) electrons. The third kappa shape index (κ3) is 4.93. The molecule has 4 N–H and O–H groups in total. The van der Waals surface area contributed by atoms with E-state index in [1.54, 1.807) is 0 Å². The number of rotatable bonds is 10. The van der Waals surface area contributed by atoms with E-state index < -0.39 is 12.2 Å². The van der Waals surface area contributed by atoms with Crippen molar-refractivity contribution in [1.29, 1.82) is 0 Å². The van der Waals surface area contributed by atoms with Crippen molar-refractivity contribution in [2.45, 2.75) is 44.8 Å². The predicted molar refractivity (Wildman–Crippen MR) is 122 cm³/mol. The van der Waals surface area contributed by atoms with E-state index in [2.05, 4.69) is 32.9 Å². The van der Waals surface area contributed by atoms with Crippen LogP contribution in [0.25, 0.3) is 21.5 Å². The molecule has 2 atom stereocenters. The molecule has 0 bridgehead atoms. The van der Waals surface area contributed by atoms with Gasteiger partial charge in [0, 0.05) is 21.5 Å². The summed E-state index contributed by atoms with van der Waals surface area (Å²) in [7, 11) is 0. The molecule has 31 heavy (non-hydrogen) atoms. The van der Waals surface area contributed by atoms with Crippen LogP contribution in [-0.4, -0.2) is 59.1 Å². The van der Waals surface area contributed by atoms with Crippen LogP contribution in [0.5, 0.6) is 11.5 Å². The van der Waals surface area contributed by atoms with Crippen molar-refractivity contribution in [2.75, 3.05) is 26.4 Å². The zero-order valence-electron chi connectivity index (χ0n) is 18.3. The Morgan fingerprint density at radius 3 is 1.74 bits per heavy atom. The monoisotopic (exact) mass is 428 g/mol. The first-order valence-corrected chi connectivity index (χ1v) is 10.6. The van der Waals surface area contributed by atoms with Crippen molar-refractivity contribution in [3.8, 4) is 11.5 Å². The molecule has 3 aromatic rings. The molecule has 0 aliphatic heterocycles. The van der Waals surface area contributed by atoms with Crippen LogP contribution in [0.3, 0.4) is 0 Å². The smallest absolute Gasteiger partial charge is 0.135 e. The molecular formula is C25H32O6. The van der Waals surface area contributed by atoms with Gasteiger partial charge in [-0.3, -0.25) is 0 Å². The second-order valence-electron chi connectivity index (χ2n) is 8.50. The van der Waals surface area contributed by atoms with E-state index in [0.29, 0.717) is 11.5 Å². The van der Waals surface area contributed by atoms with Gasteiger partial charge >= 0.3 is 0 Å². The van der Waals surface area contributed by atoms with Crippen molar-refractivity contribution in [3.05, 3.63) is 48.0 Å². The zero-order chi connectivity index (χ0) is 22.6. The molecule has 0 aromatic heterocycles. The van der Waals surface area contributed by atoms with Crippen LogP contribution in [-0.2, 0) is 5.41 Å². The minimum absolute atomic E-state index is 0.0404. The van der Waals surface area contributed by atoms with Gasteiger partial charge in [0.15, 0.2) is 0 Å². The van der Waals surface area contributed by atoms with Gasteiger partial charge in [0.1, 0.15) is 36.9 Å². The van der Waals surface area contributed by atoms with Crippen LogP contribution in [0.1, 0.15) is 32.8 Å². The average molecular weight is 429 g/mol. The Hall–Kier alpha value is -2.38. The lowest BCUT2D eigenvalue weighted by molar-refractivity contribution is 0.0539. The molecule has 0 aliphatic carbocycles. The Morgan fingerprint density at radius 1 is 0.774 bits per heavy atom. The largest absolute Gasteiger partial charge is 0.489 e. The molecule has 0 amide bonds. The lowest BCUT2D eigenvalue weighted by atomic mass is 9.81. The molecule has 6 heteroatoms. The summed E-state index contributed by atoms with van der Waals surface area (Å²) < 4.78 is 12.0. The lowest BCUT2D eigenvalue weighted by Gasteiger charge is -2.25. The quantitative estimate of drug-likeness (QED) is 0.370. The SMILES string of the molecule is CCC(C)(C)c1ccc2c(OCC(O)CO)c3ccccc3c(OCC(O)CO)c2c1. The Kier molecular flexibility index (Phi) is 7.38. The fourth-order valence-electron chi connectivity index (χ4n) is 3.50. The summed E-state index contributed by atoms with van der Waals surface area (Å²) in [6, 6.07) is 13.8. The van der Waals surface area contributed by atoms with Crippen molar-refractivity contribution >= 4 is 21.5 Å². The summed E-state index contributed by atoms with van der Waals surface area (Å²) in [5.74, 6) is 1.22. The molecule has 168 valence electrons. The molecule has 0 spiro atoms. The molecule has 2 unspecified atom stereocenters. The number of hydrogen-bond acceptors (Lipinski definition) is 6. The highest BCUT2D eigenvalue weighted by Gasteiger charge is 2.22. The summed E-state index contributed by atoms with van der Waals surface area (Å²) >= 11 is 0. The number of ether oxygens (including phenoxy) is 2. The van der Waals surface area contributed by atoms with Crippen molar-refractivity contribution in [3.63, 3.8) is 0 Å². The first-order valence-electron chi connectivity index (χ1n) is 10.6. The number of aliphatic hydroxyl groups excluding tert-OH is 4. The molecule has 0 aliphatic rings. The van der Waals surface area contributed by atoms with E-state index in [0.717, 1.165) is 33.5 Å². The minimum atomic E-state index is -0.986. The number of hydrogen-bond donors (Lipinski definition) is 4. The number of benzene rings is 3. The summed E-state index contributed by atoms with van der Waals surface area (Å²) in [5.41, 5.74) is 1.10. The van der Waals surface area contributed by atoms with Crippen LogP contribution in [0, 0.1) is 0 Å². The Labute approximate surface area is 182 Å². The van der Waals surface area contributed by atoms with Crippen LogP contribution < -0.4 is 9.47 Å². The fraction of sp³-hybridized carbons (Fsp3) is 0.440. The maximum Gasteiger partial charge on any atom is 0.135 e. The van der Waals surface area contributed by atoms with Gasteiger partial charge in [-0.15, -0.1) is 0 Å². The fourth-order valence-corrected chi connectivity index (χ4v) is 3.50. The van der Waals surface area contributed by atoms with Gasteiger partial charge in [-0.25, -0.2) is 0 Å². The van der Waals surface area contributed by atoms with E-state index in [4.69, 9.17) is 9.47 Å². The average Bonchev–Trinajstić information content (AvgIpc) is 2.80. The third-order valence-corrected chi connectivity index (χ3v) is 5.85. The van der Waals surface area contributed by atoms with Gasteiger partial charge in [0.25, 0.3) is 0 Å². The lowest BCUT2D eigenvalue weighted by Crippen LogP contribution is -2.22. The summed E-state index contributed by atoms with van der Waals surface area (Å²) in [6.45, 7) is 5.65. The maximum absolute atomic E-state index is 9.86. The van der Waals surface area contributed by atoms with Crippen molar-refractivity contribution < 1.29 is 29.9 Å². The Morgan fingerprint density at radius 2 is 1.26 bits per heavy atom. The molecule has 3 rings (SSSR count). The van der Waals surface area contributed by atoms with Crippen molar-refractivity contribution in [2.24, 2.45) is 0 Å². The van der Waals surface area contributed by atoms with Gasteiger partial charge in [0.05, 0.1) is 13.2 Å². The van der Waals surface area contributed by atoms with E-state index in [9.17, 15) is 20.4 Å². The maximum atomic E-state index is 9.86. The standard InChI is InChI=1S/C25H32O6/c1-4-25(2,3)16-9-10-21-22(11-16)24(31-15-18(29)13-27)20-8-6-5-7-19(20)23(21)30-14-17(28)12-26/h5-11,17-18,26-29H,4,12-15H2,1-3H3. The van der Waals surface area contributed by atoms with Gasteiger partial charge in [-0.05, 0) is 23.5 Å². The van der Waals surface area contributed by atoms with E-state index >= 15 is 0 Å². The predicted octanol–water partition coefficient (Wildman–Crippen LogP) is 3.14. The van der Waals surface area contributed by atoms with E-state index in [1.807, 2.05) is 30.3 Å². The first-order chi connectivity index (χ1) is 14.8. The van der Waals surface area contributed by atoms with Gasteiger partial charge in [-0.1, -0.05) is 57.2 Å². The van der Waals surface area contributed by atoms with Crippen LogP contribution >= 0.6 is 0 Å². The molecule has 0 heterocycles. The number of aliphatic hydroxyl groups is 4.